The lowest BCUT2D eigenvalue weighted by Crippen LogP contribution is -2.03. The third-order valence-electron chi connectivity index (χ3n) is 2.97. The Bertz CT molecular complexity index is 639. The molecule has 2 aromatic rings. The van der Waals surface area contributed by atoms with Crippen LogP contribution in [0.25, 0.3) is 10.9 Å². The molecule has 0 bridgehead atoms. The van der Waals surface area contributed by atoms with Crippen molar-refractivity contribution in [1.29, 1.82) is 0 Å². The molecule has 1 aromatic heterocycles. The van der Waals surface area contributed by atoms with E-state index in [2.05, 4.69) is 4.98 Å². The molecule has 0 atom stereocenters. The first kappa shape index (κ1) is 14.3. The van der Waals surface area contributed by atoms with Crippen molar-refractivity contribution in [1.82, 2.24) is 4.98 Å². The third kappa shape index (κ3) is 3.70. The molecule has 20 heavy (non-hydrogen) atoms. The Morgan fingerprint density at radius 2 is 2.20 bits per heavy atom. The highest BCUT2D eigenvalue weighted by atomic mass is 19.1. The molecule has 106 valence electrons. The maximum absolute atomic E-state index is 13.2. The Balaban J connectivity index is 1.89. The number of carbonyl (C=O) groups excluding carboxylic acids is 1. The van der Waals surface area contributed by atoms with E-state index in [1.165, 1.54) is 18.2 Å². The van der Waals surface area contributed by atoms with Crippen LogP contribution < -0.4 is 0 Å². The van der Waals surface area contributed by atoms with Gasteiger partial charge >= 0.3 is 5.97 Å². The zero-order valence-electron chi connectivity index (χ0n) is 11.7. The van der Waals surface area contributed by atoms with E-state index in [0.717, 1.165) is 28.5 Å². The highest BCUT2D eigenvalue weighted by molar-refractivity contribution is 5.83. The zero-order valence-corrected chi connectivity index (χ0v) is 11.7. The summed E-state index contributed by atoms with van der Waals surface area (Å²) in [6.45, 7) is 4.06. The van der Waals surface area contributed by atoms with Crippen molar-refractivity contribution in [2.24, 2.45) is 0 Å². The van der Waals surface area contributed by atoms with Crippen LogP contribution in [0.15, 0.2) is 36.0 Å². The number of esters is 1. The summed E-state index contributed by atoms with van der Waals surface area (Å²) in [4.78, 5) is 14.4. The van der Waals surface area contributed by atoms with Gasteiger partial charge in [0.1, 0.15) is 5.82 Å². The lowest BCUT2D eigenvalue weighted by atomic mass is 10.1. The molecule has 1 heterocycles. The van der Waals surface area contributed by atoms with Gasteiger partial charge in [0, 0.05) is 23.2 Å². The third-order valence-corrected chi connectivity index (χ3v) is 2.97. The van der Waals surface area contributed by atoms with Crippen LogP contribution >= 0.6 is 0 Å². The molecule has 1 aromatic carbocycles. The van der Waals surface area contributed by atoms with Gasteiger partial charge in [-0.3, -0.25) is 0 Å². The first-order valence-corrected chi connectivity index (χ1v) is 6.63. The number of allylic oxidation sites excluding steroid dienone is 1. The van der Waals surface area contributed by atoms with Gasteiger partial charge in [0.15, 0.2) is 0 Å². The summed E-state index contributed by atoms with van der Waals surface area (Å²) in [6.07, 6.45) is 4.81. The predicted octanol–water partition coefficient (Wildman–Crippen LogP) is 3.75. The molecule has 0 saturated heterocycles. The second-order valence-electron chi connectivity index (χ2n) is 5.00. The molecule has 1 N–H and O–H groups in total. The molecule has 0 aliphatic rings. The molecule has 0 unspecified atom stereocenters. The molecule has 0 radical (unpaired) electrons. The van der Waals surface area contributed by atoms with E-state index in [0.29, 0.717) is 13.0 Å². The van der Waals surface area contributed by atoms with E-state index < -0.39 is 0 Å². The van der Waals surface area contributed by atoms with Crippen LogP contribution in [0.4, 0.5) is 4.39 Å². The number of aryl methyl sites for hydroxylation is 1. The fraction of sp³-hybridized carbons (Fsp3) is 0.312. The molecule has 0 saturated carbocycles. The smallest absolute Gasteiger partial charge is 0.330 e. The van der Waals surface area contributed by atoms with Crippen molar-refractivity contribution in [2.75, 3.05) is 6.61 Å². The standard InChI is InChI=1S/C16H18FNO2/c1-11(2)8-16(19)20-7-3-4-12-10-18-15-6-5-13(17)9-14(12)15/h5-6,8-10,18H,3-4,7H2,1-2H3. The Labute approximate surface area is 117 Å². The van der Waals surface area contributed by atoms with E-state index in [9.17, 15) is 9.18 Å². The van der Waals surface area contributed by atoms with Gasteiger partial charge in [0.2, 0.25) is 0 Å². The van der Waals surface area contributed by atoms with Gasteiger partial charge < -0.3 is 9.72 Å². The molecule has 3 nitrogen and oxygen atoms in total. The maximum Gasteiger partial charge on any atom is 0.330 e. The van der Waals surface area contributed by atoms with Crippen molar-refractivity contribution < 1.29 is 13.9 Å². The van der Waals surface area contributed by atoms with E-state index in [-0.39, 0.29) is 11.8 Å². The number of hydrogen-bond donors (Lipinski definition) is 1. The number of aromatic nitrogens is 1. The number of aromatic amines is 1. The Morgan fingerprint density at radius 3 is 2.95 bits per heavy atom. The summed E-state index contributed by atoms with van der Waals surface area (Å²) in [5, 5.41) is 0.889. The highest BCUT2D eigenvalue weighted by Crippen LogP contribution is 2.20. The first-order valence-electron chi connectivity index (χ1n) is 6.63. The molecule has 0 amide bonds. The van der Waals surface area contributed by atoms with Gasteiger partial charge in [-0.15, -0.1) is 0 Å². The Morgan fingerprint density at radius 1 is 1.40 bits per heavy atom. The van der Waals surface area contributed by atoms with Crippen LogP contribution in [0.1, 0.15) is 25.8 Å². The van der Waals surface area contributed by atoms with Crippen LogP contribution in [0.3, 0.4) is 0 Å². The van der Waals surface area contributed by atoms with Gasteiger partial charge in [-0.2, -0.15) is 0 Å². The number of halogens is 1. The van der Waals surface area contributed by atoms with E-state index in [1.54, 1.807) is 6.07 Å². The highest BCUT2D eigenvalue weighted by Gasteiger charge is 2.05. The summed E-state index contributed by atoms with van der Waals surface area (Å²) < 4.78 is 18.3. The van der Waals surface area contributed by atoms with Gasteiger partial charge in [0.05, 0.1) is 6.61 Å². The van der Waals surface area contributed by atoms with Crippen LogP contribution in [-0.4, -0.2) is 17.6 Å². The van der Waals surface area contributed by atoms with Crippen LogP contribution in [0.2, 0.25) is 0 Å². The predicted molar refractivity (Wildman–Crippen MR) is 77.0 cm³/mol. The summed E-state index contributed by atoms with van der Waals surface area (Å²) >= 11 is 0. The second kappa shape index (κ2) is 6.37. The van der Waals surface area contributed by atoms with Crippen molar-refractivity contribution in [3.63, 3.8) is 0 Å². The van der Waals surface area contributed by atoms with Crippen LogP contribution in [-0.2, 0) is 16.0 Å². The molecule has 4 heteroatoms. The van der Waals surface area contributed by atoms with E-state index in [4.69, 9.17) is 4.74 Å². The van der Waals surface area contributed by atoms with Gasteiger partial charge in [-0.25, -0.2) is 9.18 Å². The zero-order chi connectivity index (χ0) is 14.5. The van der Waals surface area contributed by atoms with Crippen molar-refractivity contribution in [3.05, 3.63) is 47.4 Å². The average Bonchev–Trinajstić information content (AvgIpc) is 2.76. The second-order valence-corrected chi connectivity index (χ2v) is 5.00. The summed E-state index contributed by atoms with van der Waals surface area (Å²) in [5.74, 6) is -0.552. The van der Waals surface area contributed by atoms with Gasteiger partial charge in [-0.1, -0.05) is 5.57 Å². The SMILES string of the molecule is CC(C)=CC(=O)OCCCc1c[nH]c2ccc(F)cc12. The number of rotatable bonds is 5. The number of nitrogens with one attached hydrogen (secondary N) is 1. The monoisotopic (exact) mass is 275 g/mol. The van der Waals surface area contributed by atoms with Crippen molar-refractivity contribution in [3.8, 4) is 0 Å². The quantitative estimate of drug-likeness (QED) is 0.513. The van der Waals surface area contributed by atoms with Crippen molar-refractivity contribution in [2.45, 2.75) is 26.7 Å². The number of benzene rings is 1. The minimum Gasteiger partial charge on any atom is -0.463 e. The Hall–Kier alpha value is -2.10. The number of fused-ring (bicyclic) bond motifs is 1. The molecular weight excluding hydrogens is 257 g/mol. The lowest BCUT2D eigenvalue weighted by Gasteiger charge is -2.02. The topological polar surface area (TPSA) is 42.1 Å². The molecule has 0 fully saturated rings. The molecule has 0 aliphatic heterocycles. The van der Waals surface area contributed by atoms with E-state index >= 15 is 0 Å². The summed E-state index contributed by atoms with van der Waals surface area (Å²) in [7, 11) is 0. The van der Waals surface area contributed by atoms with E-state index in [1.807, 2.05) is 20.0 Å². The van der Waals surface area contributed by atoms with Crippen LogP contribution in [0.5, 0.6) is 0 Å². The number of hydrogen-bond acceptors (Lipinski definition) is 2. The minimum absolute atomic E-state index is 0.242. The number of carbonyl (C=O) groups is 1. The summed E-state index contributed by atoms with van der Waals surface area (Å²) in [5.41, 5.74) is 2.88. The molecular formula is C16H18FNO2. The van der Waals surface area contributed by atoms with Crippen LogP contribution in [0, 0.1) is 5.82 Å². The Kier molecular flexibility index (Phi) is 4.56. The maximum atomic E-state index is 13.2. The van der Waals surface area contributed by atoms with Crippen molar-refractivity contribution >= 4 is 16.9 Å². The minimum atomic E-state index is -0.310. The number of H-pyrrole nitrogens is 1. The average molecular weight is 275 g/mol. The summed E-state index contributed by atoms with van der Waals surface area (Å²) in [6, 6.07) is 4.68. The van der Waals surface area contributed by atoms with Gasteiger partial charge in [-0.05, 0) is 50.5 Å². The lowest BCUT2D eigenvalue weighted by molar-refractivity contribution is -0.137. The first-order chi connectivity index (χ1) is 9.56. The fourth-order valence-electron chi connectivity index (χ4n) is 2.07. The largest absolute Gasteiger partial charge is 0.463 e. The number of ether oxygens (including phenoxy) is 1. The van der Waals surface area contributed by atoms with Gasteiger partial charge in [0.25, 0.3) is 0 Å². The molecule has 0 spiro atoms. The molecule has 2 rings (SSSR count). The normalized spacial score (nSPS) is 10.6. The molecule has 0 aliphatic carbocycles. The fourth-order valence-corrected chi connectivity index (χ4v) is 2.07.